The minimum atomic E-state index is -1.01. The number of amides is 1. The molecule has 4 nitrogen and oxygen atoms in total. The third-order valence-electron chi connectivity index (χ3n) is 3.54. The van der Waals surface area contributed by atoms with E-state index in [0.29, 0.717) is 12.2 Å². The maximum atomic E-state index is 12.2. The molecular weight excluding hydrogens is 254 g/mol. The fourth-order valence-electron chi connectivity index (χ4n) is 1.43. The van der Waals surface area contributed by atoms with Gasteiger partial charge in [0.2, 0.25) is 0 Å². The molecule has 1 aromatic carbocycles. The summed E-state index contributed by atoms with van der Waals surface area (Å²) in [6.45, 7) is 9.65. The average molecular weight is 279 g/mol. The number of nitrogens with one attached hydrogen (secondary N) is 1. The Morgan fingerprint density at radius 1 is 1.20 bits per heavy atom. The normalized spacial score (nSPS) is 12.1. The lowest BCUT2D eigenvalue weighted by Gasteiger charge is -2.38. The van der Waals surface area contributed by atoms with Crippen LogP contribution in [0.25, 0.3) is 0 Å². The van der Waals surface area contributed by atoms with Crippen LogP contribution < -0.4 is 10.1 Å². The molecule has 0 heterocycles. The standard InChI is InChI=1S/C16H25NO3/c1-6-11-20-13-9-7-12(8-10-13)14(18)17-15(2,3)16(4,5)19/h7-10,19H,6,11H2,1-5H3,(H,17,18). The molecule has 112 valence electrons. The number of carbonyl (C=O) groups excluding carboxylic acids is 1. The quantitative estimate of drug-likeness (QED) is 0.842. The van der Waals surface area contributed by atoms with Gasteiger partial charge >= 0.3 is 0 Å². The zero-order valence-electron chi connectivity index (χ0n) is 13.0. The molecule has 0 fully saturated rings. The maximum Gasteiger partial charge on any atom is 0.251 e. The zero-order chi connectivity index (χ0) is 15.4. The highest BCUT2D eigenvalue weighted by atomic mass is 16.5. The number of hydrogen-bond donors (Lipinski definition) is 2. The fourth-order valence-corrected chi connectivity index (χ4v) is 1.43. The van der Waals surface area contributed by atoms with E-state index in [0.717, 1.165) is 12.2 Å². The van der Waals surface area contributed by atoms with Gasteiger partial charge in [-0.05, 0) is 58.4 Å². The van der Waals surface area contributed by atoms with Crippen LogP contribution in [0.5, 0.6) is 5.75 Å². The van der Waals surface area contributed by atoms with Crippen LogP contribution >= 0.6 is 0 Å². The maximum absolute atomic E-state index is 12.2. The lowest BCUT2D eigenvalue weighted by Crippen LogP contribution is -2.57. The van der Waals surface area contributed by atoms with Gasteiger partial charge in [-0.15, -0.1) is 0 Å². The summed E-state index contributed by atoms with van der Waals surface area (Å²) in [5.74, 6) is 0.546. The highest BCUT2D eigenvalue weighted by Gasteiger charge is 2.36. The summed E-state index contributed by atoms with van der Waals surface area (Å²) < 4.78 is 5.47. The van der Waals surface area contributed by atoms with Crippen molar-refractivity contribution in [3.8, 4) is 5.75 Å². The zero-order valence-corrected chi connectivity index (χ0v) is 13.0. The topological polar surface area (TPSA) is 58.6 Å². The van der Waals surface area contributed by atoms with Crippen LogP contribution in [0.2, 0.25) is 0 Å². The largest absolute Gasteiger partial charge is 0.494 e. The van der Waals surface area contributed by atoms with Crippen LogP contribution in [0.3, 0.4) is 0 Å². The summed E-state index contributed by atoms with van der Waals surface area (Å²) in [7, 11) is 0. The van der Waals surface area contributed by atoms with Gasteiger partial charge in [-0.2, -0.15) is 0 Å². The van der Waals surface area contributed by atoms with Gasteiger partial charge in [0.15, 0.2) is 0 Å². The highest BCUT2D eigenvalue weighted by Crippen LogP contribution is 2.21. The van der Waals surface area contributed by atoms with E-state index in [4.69, 9.17) is 4.74 Å². The van der Waals surface area contributed by atoms with Gasteiger partial charge in [0.25, 0.3) is 5.91 Å². The average Bonchev–Trinajstić information content (AvgIpc) is 2.35. The number of carbonyl (C=O) groups is 1. The van der Waals surface area contributed by atoms with Crippen LogP contribution in [0.15, 0.2) is 24.3 Å². The number of hydrogen-bond acceptors (Lipinski definition) is 3. The first-order valence-corrected chi connectivity index (χ1v) is 6.95. The predicted octanol–water partition coefficient (Wildman–Crippen LogP) is 2.75. The minimum Gasteiger partial charge on any atom is -0.494 e. The molecule has 20 heavy (non-hydrogen) atoms. The lowest BCUT2D eigenvalue weighted by atomic mass is 9.86. The van der Waals surface area contributed by atoms with Crippen LogP contribution in [0.4, 0.5) is 0 Å². The third-order valence-corrected chi connectivity index (χ3v) is 3.54. The summed E-state index contributed by atoms with van der Waals surface area (Å²) in [4.78, 5) is 12.2. The van der Waals surface area contributed by atoms with Gasteiger partial charge in [0.05, 0.1) is 17.7 Å². The molecule has 0 atom stereocenters. The molecule has 0 bridgehead atoms. The Kier molecular flexibility index (Phi) is 5.17. The Hall–Kier alpha value is -1.55. The van der Waals surface area contributed by atoms with E-state index < -0.39 is 11.1 Å². The van der Waals surface area contributed by atoms with Crippen molar-refractivity contribution in [2.24, 2.45) is 0 Å². The molecule has 0 unspecified atom stereocenters. The summed E-state index contributed by atoms with van der Waals surface area (Å²) in [5, 5.41) is 12.9. The molecule has 0 aliphatic rings. The Labute approximate surface area is 121 Å². The molecule has 0 saturated carbocycles. The minimum absolute atomic E-state index is 0.209. The molecule has 1 rings (SSSR count). The first kappa shape index (κ1) is 16.5. The first-order chi connectivity index (χ1) is 9.17. The van der Waals surface area contributed by atoms with Gasteiger partial charge in [-0.1, -0.05) is 6.92 Å². The molecule has 1 amide bonds. The summed E-state index contributed by atoms with van der Waals surface area (Å²) >= 11 is 0. The van der Waals surface area contributed by atoms with E-state index in [1.54, 1.807) is 52.0 Å². The lowest BCUT2D eigenvalue weighted by molar-refractivity contribution is -0.00292. The second-order valence-electron chi connectivity index (χ2n) is 6.01. The van der Waals surface area contributed by atoms with Crippen LogP contribution in [0.1, 0.15) is 51.4 Å². The van der Waals surface area contributed by atoms with Crippen molar-refractivity contribution in [3.05, 3.63) is 29.8 Å². The van der Waals surface area contributed by atoms with E-state index in [1.807, 2.05) is 6.92 Å². The number of ether oxygens (including phenoxy) is 1. The van der Waals surface area contributed by atoms with Gasteiger partial charge in [-0.3, -0.25) is 4.79 Å². The van der Waals surface area contributed by atoms with Crippen molar-refractivity contribution in [2.45, 2.75) is 52.2 Å². The number of benzene rings is 1. The Bertz CT molecular complexity index is 444. The molecule has 0 radical (unpaired) electrons. The molecule has 0 saturated heterocycles. The van der Waals surface area contributed by atoms with E-state index in [1.165, 1.54) is 0 Å². The summed E-state index contributed by atoms with van der Waals surface area (Å²) in [5.41, 5.74) is -1.18. The number of rotatable bonds is 6. The molecule has 0 spiro atoms. The van der Waals surface area contributed by atoms with Crippen molar-refractivity contribution in [1.29, 1.82) is 0 Å². The van der Waals surface area contributed by atoms with Gasteiger partial charge in [-0.25, -0.2) is 0 Å². The second kappa shape index (κ2) is 6.27. The van der Waals surface area contributed by atoms with Gasteiger partial charge < -0.3 is 15.2 Å². The third kappa shape index (κ3) is 4.23. The molecule has 0 aromatic heterocycles. The molecule has 2 N–H and O–H groups in total. The Morgan fingerprint density at radius 3 is 2.20 bits per heavy atom. The Morgan fingerprint density at radius 2 is 1.75 bits per heavy atom. The summed E-state index contributed by atoms with van der Waals surface area (Å²) in [6, 6.07) is 7.00. The van der Waals surface area contributed by atoms with E-state index in [-0.39, 0.29) is 5.91 Å². The van der Waals surface area contributed by atoms with E-state index in [9.17, 15) is 9.90 Å². The molecule has 4 heteroatoms. The second-order valence-corrected chi connectivity index (χ2v) is 6.01. The van der Waals surface area contributed by atoms with Crippen molar-refractivity contribution < 1.29 is 14.6 Å². The van der Waals surface area contributed by atoms with Crippen LogP contribution in [-0.2, 0) is 0 Å². The van der Waals surface area contributed by atoms with Gasteiger partial charge in [0.1, 0.15) is 5.75 Å². The van der Waals surface area contributed by atoms with Crippen molar-refractivity contribution in [3.63, 3.8) is 0 Å². The van der Waals surface area contributed by atoms with E-state index in [2.05, 4.69) is 5.32 Å². The Balaban J connectivity index is 2.73. The first-order valence-electron chi connectivity index (χ1n) is 6.95. The van der Waals surface area contributed by atoms with Gasteiger partial charge in [0, 0.05) is 5.56 Å². The highest BCUT2D eigenvalue weighted by molar-refractivity contribution is 5.94. The van der Waals surface area contributed by atoms with Crippen LogP contribution in [0, 0.1) is 0 Å². The SMILES string of the molecule is CCCOc1ccc(C(=O)NC(C)(C)C(C)(C)O)cc1. The van der Waals surface area contributed by atoms with Crippen molar-refractivity contribution in [1.82, 2.24) is 5.32 Å². The van der Waals surface area contributed by atoms with Crippen molar-refractivity contribution >= 4 is 5.91 Å². The summed E-state index contributed by atoms with van der Waals surface area (Å²) in [6.07, 6.45) is 0.946. The number of aliphatic hydroxyl groups is 1. The molecule has 0 aliphatic heterocycles. The smallest absolute Gasteiger partial charge is 0.251 e. The fraction of sp³-hybridized carbons (Fsp3) is 0.562. The molecule has 0 aliphatic carbocycles. The van der Waals surface area contributed by atoms with Crippen molar-refractivity contribution in [2.75, 3.05) is 6.61 Å². The van der Waals surface area contributed by atoms with E-state index >= 15 is 0 Å². The van der Waals surface area contributed by atoms with Crippen LogP contribution in [-0.4, -0.2) is 28.8 Å². The molecular formula is C16H25NO3. The monoisotopic (exact) mass is 279 g/mol. The predicted molar refractivity (Wildman–Crippen MR) is 80.1 cm³/mol. The molecule has 1 aromatic rings.